The smallest absolute Gasteiger partial charge is 0.259 e. The Hall–Kier alpha value is -3.93. The molecule has 2 N–H and O–H groups in total. The van der Waals surface area contributed by atoms with Crippen molar-refractivity contribution in [2.24, 2.45) is 0 Å². The highest BCUT2D eigenvalue weighted by atomic mass is 16.2. The van der Waals surface area contributed by atoms with Gasteiger partial charge in [-0.15, -0.1) is 0 Å². The molecule has 0 fully saturated rings. The van der Waals surface area contributed by atoms with Crippen LogP contribution >= 0.6 is 0 Å². The third kappa shape index (κ3) is 3.33. The van der Waals surface area contributed by atoms with Crippen molar-refractivity contribution in [1.29, 1.82) is 0 Å². The molecule has 1 aliphatic rings. The molecule has 3 amide bonds. The number of carbonyl (C=O) groups is 3. The van der Waals surface area contributed by atoms with Crippen LogP contribution in [0.1, 0.15) is 26.3 Å². The summed E-state index contributed by atoms with van der Waals surface area (Å²) in [6.45, 7) is -0.0700. The molecule has 0 bridgehead atoms. The Morgan fingerprint density at radius 3 is 1.97 bits per heavy atom. The molecular formula is C24H21N3O3. The van der Waals surface area contributed by atoms with Crippen LogP contribution < -0.4 is 15.5 Å². The lowest BCUT2D eigenvalue weighted by Crippen LogP contribution is -2.58. The van der Waals surface area contributed by atoms with Crippen molar-refractivity contribution in [3.63, 3.8) is 0 Å². The molecule has 4 rings (SSSR count). The van der Waals surface area contributed by atoms with Crippen molar-refractivity contribution in [3.8, 4) is 0 Å². The minimum atomic E-state index is -1.40. The van der Waals surface area contributed by atoms with Crippen molar-refractivity contribution in [2.75, 3.05) is 18.5 Å². The number of para-hydroxylation sites is 1. The van der Waals surface area contributed by atoms with Crippen molar-refractivity contribution >= 4 is 23.4 Å². The van der Waals surface area contributed by atoms with Crippen molar-refractivity contribution < 1.29 is 14.4 Å². The van der Waals surface area contributed by atoms with Crippen molar-refractivity contribution in [2.45, 2.75) is 5.54 Å². The number of benzene rings is 3. The van der Waals surface area contributed by atoms with E-state index in [0.717, 1.165) is 0 Å². The minimum Gasteiger partial charge on any atom is -0.349 e. The Labute approximate surface area is 174 Å². The molecule has 0 aliphatic carbocycles. The zero-order valence-corrected chi connectivity index (χ0v) is 16.5. The van der Waals surface area contributed by atoms with Crippen LogP contribution in [0.5, 0.6) is 0 Å². The average molecular weight is 399 g/mol. The van der Waals surface area contributed by atoms with Gasteiger partial charge in [0.25, 0.3) is 17.7 Å². The van der Waals surface area contributed by atoms with Gasteiger partial charge < -0.3 is 15.5 Å². The molecule has 0 saturated heterocycles. The Morgan fingerprint density at radius 1 is 0.800 bits per heavy atom. The van der Waals surface area contributed by atoms with Gasteiger partial charge in [0.2, 0.25) is 0 Å². The van der Waals surface area contributed by atoms with E-state index in [0.29, 0.717) is 22.4 Å². The number of carbonyl (C=O) groups excluding carboxylic acids is 3. The van der Waals surface area contributed by atoms with Crippen LogP contribution in [0.15, 0.2) is 84.9 Å². The zero-order valence-electron chi connectivity index (χ0n) is 16.5. The minimum absolute atomic E-state index is 0.0700. The maximum absolute atomic E-state index is 13.4. The molecule has 1 unspecified atom stereocenters. The summed E-state index contributed by atoms with van der Waals surface area (Å²) in [5.41, 5.74) is 0.864. The van der Waals surface area contributed by atoms with E-state index in [9.17, 15) is 14.4 Å². The predicted molar refractivity (Wildman–Crippen MR) is 114 cm³/mol. The quantitative estimate of drug-likeness (QED) is 0.693. The molecule has 3 aromatic rings. The molecule has 1 heterocycles. The number of likely N-dealkylation sites (N-methyl/N-ethyl adjacent to an activating group) is 1. The van der Waals surface area contributed by atoms with Gasteiger partial charge in [0.1, 0.15) is 0 Å². The molecule has 30 heavy (non-hydrogen) atoms. The molecular weight excluding hydrogens is 378 g/mol. The number of rotatable bonds is 5. The van der Waals surface area contributed by atoms with E-state index in [1.165, 1.54) is 4.90 Å². The fraction of sp³-hybridized carbons (Fsp3) is 0.125. The molecule has 6 heteroatoms. The topological polar surface area (TPSA) is 78.5 Å². The number of hydrogen-bond acceptors (Lipinski definition) is 3. The molecule has 6 nitrogen and oxygen atoms in total. The third-order valence-corrected chi connectivity index (χ3v) is 5.31. The van der Waals surface area contributed by atoms with Crippen LogP contribution in [0.2, 0.25) is 0 Å². The lowest BCUT2D eigenvalue weighted by atomic mass is 9.90. The van der Waals surface area contributed by atoms with Gasteiger partial charge in [-0.1, -0.05) is 54.6 Å². The van der Waals surface area contributed by atoms with Crippen LogP contribution in [0.4, 0.5) is 5.69 Å². The first-order chi connectivity index (χ1) is 14.5. The van der Waals surface area contributed by atoms with Gasteiger partial charge in [-0.05, 0) is 30.3 Å². The second-order valence-electron chi connectivity index (χ2n) is 7.16. The van der Waals surface area contributed by atoms with E-state index in [1.807, 2.05) is 30.3 Å². The van der Waals surface area contributed by atoms with Gasteiger partial charge >= 0.3 is 0 Å². The summed E-state index contributed by atoms with van der Waals surface area (Å²) in [7, 11) is 1.66. The summed E-state index contributed by atoms with van der Waals surface area (Å²) < 4.78 is 0. The van der Waals surface area contributed by atoms with E-state index in [1.54, 1.807) is 61.6 Å². The molecule has 150 valence electrons. The summed E-state index contributed by atoms with van der Waals surface area (Å²) in [6.07, 6.45) is 0. The first-order valence-corrected chi connectivity index (χ1v) is 9.61. The Bertz CT molecular complexity index is 1100. The predicted octanol–water partition coefficient (Wildman–Crippen LogP) is 2.72. The van der Waals surface area contributed by atoms with Crippen LogP contribution in [-0.4, -0.2) is 31.3 Å². The van der Waals surface area contributed by atoms with Crippen LogP contribution in [0, 0.1) is 0 Å². The molecule has 3 aromatic carbocycles. The molecule has 0 spiro atoms. The number of anilines is 1. The summed E-state index contributed by atoms with van der Waals surface area (Å²) in [6, 6.07) is 24.7. The largest absolute Gasteiger partial charge is 0.349 e. The zero-order chi connectivity index (χ0) is 21.1. The van der Waals surface area contributed by atoms with Crippen molar-refractivity contribution in [1.82, 2.24) is 10.6 Å². The molecule has 1 atom stereocenters. The average Bonchev–Trinajstić information content (AvgIpc) is 3.01. The monoisotopic (exact) mass is 399 g/mol. The number of nitrogens with zero attached hydrogens (tertiary/aromatic N) is 1. The van der Waals surface area contributed by atoms with Gasteiger partial charge in [-0.25, -0.2) is 0 Å². The van der Waals surface area contributed by atoms with Crippen LogP contribution in [0.25, 0.3) is 0 Å². The highest BCUT2D eigenvalue weighted by Crippen LogP contribution is 2.39. The van der Waals surface area contributed by atoms with Gasteiger partial charge in [0, 0.05) is 29.4 Å². The maximum Gasteiger partial charge on any atom is 0.259 e. The van der Waals surface area contributed by atoms with E-state index < -0.39 is 5.54 Å². The molecule has 0 radical (unpaired) electrons. The second kappa shape index (κ2) is 7.83. The maximum atomic E-state index is 13.4. The van der Waals surface area contributed by atoms with Crippen LogP contribution in [0.3, 0.4) is 0 Å². The first kappa shape index (κ1) is 19.4. The lowest BCUT2D eigenvalue weighted by molar-refractivity contribution is -0.123. The summed E-state index contributed by atoms with van der Waals surface area (Å²) in [4.78, 5) is 40.5. The normalized spacial score (nSPS) is 17.4. The third-order valence-electron chi connectivity index (χ3n) is 5.31. The summed E-state index contributed by atoms with van der Waals surface area (Å²) >= 11 is 0. The molecule has 0 aromatic heterocycles. The van der Waals surface area contributed by atoms with Gasteiger partial charge in [-0.3, -0.25) is 14.4 Å². The SMILES string of the molecule is CN1C(=O)C(CNC(=O)c2ccccc2)(NC(=O)c2ccccc2)c2ccccc21. The van der Waals surface area contributed by atoms with Crippen molar-refractivity contribution in [3.05, 3.63) is 102 Å². The van der Waals surface area contributed by atoms with Gasteiger partial charge in [0.15, 0.2) is 5.54 Å². The highest BCUT2D eigenvalue weighted by Gasteiger charge is 2.51. The Kier molecular flexibility index (Phi) is 5.06. The fourth-order valence-corrected chi connectivity index (χ4v) is 3.73. The highest BCUT2D eigenvalue weighted by molar-refractivity contribution is 6.11. The van der Waals surface area contributed by atoms with Gasteiger partial charge in [-0.2, -0.15) is 0 Å². The van der Waals surface area contributed by atoms with E-state index >= 15 is 0 Å². The van der Waals surface area contributed by atoms with E-state index in [-0.39, 0.29) is 24.3 Å². The summed E-state index contributed by atoms with van der Waals surface area (Å²) in [5, 5.41) is 5.74. The fourth-order valence-electron chi connectivity index (χ4n) is 3.73. The number of fused-ring (bicyclic) bond motifs is 1. The lowest BCUT2D eigenvalue weighted by Gasteiger charge is -2.30. The second-order valence-corrected chi connectivity index (χ2v) is 7.16. The van der Waals surface area contributed by atoms with E-state index in [2.05, 4.69) is 10.6 Å². The summed E-state index contributed by atoms with van der Waals surface area (Å²) in [5.74, 6) is -1.01. The Balaban J connectivity index is 1.70. The number of hydrogen-bond donors (Lipinski definition) is 2. The number of nitrogens with one attached hydrogen (secondary N) is 2. The first-order valence-electron chi connectivity index (χ1n) is 9.61. The van der Waals surface area contributed by atoms with Gasteiger partial charge in [0.05, 0.1) is 6.54 Å². The Morgan fingerprint density at radius 2 is 1.33 bits per heavy atom. The standard InChI is InChI=1S/C24H21N3O3/c1-27-20-15-9-8-14-19(20)24(23(27)30,26-22(29)18-12-6-3-7-13-18)16-25-21(28)17-10-4-2-5-11-17/h2-15H,16H2,1H3,(H,25,28)(H,26,29). The van der Waals surface area contributed by atoms with E-state index in [4.69, 9.17) is 0 Å². The van der Waals surface area contributed by atoms with Crippen LogP contribution in [-0.2, 0) is 10.3 Å². The number of amides is 3. The molecule has 0 saturated carbocycles. The molecule has 1 aliphatic heterocycles.